The van der Waals surface area contributed by atoms with E-state index in [0.29, 0.717) is 44.1 Å². The maximum atomic E-state index is 13.3. The SMILES string of the molecule is COn1c(=O)c(-c2c(Cl)cccc2Cl)cc2c(Nc3cccc(CN4CCN(C(C)C)CC4)c3)ncnc21. The molecule has 8 nitrogen and oxygen atoms in total. The highest BCUT2D eigenvalue weighted by molar-refractivity contribution is 6.39. The first kappa shape index (κ1) is 26.4. The van der Waals surface area contributed by atoms with E-state index >= 15 is 0 Å². The predicted molar refractivity (Wildman–Crippen MR) is 153 cm³/mol. The Morgan fingerprint density at radius 3 is 2.39 bits per heavy atom. The van der Waals surface area contributed by atoms with Gasteiger partial charge in [0.25, 0.3) is 5.56 Å². The first-order valence-electron chi connectivity index (χ1n) is 12.6. The van der Waals surface area contributed by atoms with Crippen molar-refractivity contribution >= 4 is 45.7 Å². The van der Waals surface area contributed by atoms with Gasteiger partial charge in [0.2, 0.25) is 0 Å². The van der Waals surface area contributed by atoms with E-state index in [9.17, 15) is 4.79 Å². The Morgan fingerprint density at radius 1 is 1.00 bits per heavy atom. The van der Waals surface area contributed by atoms with Gasteiger partial charge in [0, 0.05) is 50.0 Å². The molecule has 10 heteroatoms. The first-order chi connectivity index (χ1) is 18.4. The van der Waals surface area contributed by atoms with Crippen molar-refractivity contribution in [3.63, 3.8) is 0 Å². The molecule has 0 spiro atoms. The first-order valence-corrected chi connectivity index (χ1v) is 13.3. The zero-order valence-electron chi connectivity index (χ0n) is 21.6. The third-order valence-electron chi connectivity index (χ3n) is 6.91. The molecule has 0 atom stereocenters. The summed E-state index contributed by atoms with van der Waals surface area (Å²) in [5, 5.41) is 4.73. The van der Waals surface area contributed by atoms with Crippen LogP contribution in [-0.4, -0.2) is 63.8 Å². The molecule has 198 valence electrons. The van der Waals surface area contributed by atoms with Crippen molar-refractivity contribution in [2.75, 3.05) is 38.6 Å². The minimum Gasteiger partial charge on any atom is -0.412 e. The molecule has 0 amide bonds. The van der Waals surface area contributed by atoms with Crippen molar-refractivity contribution in [3.05, 3.63) is 80.8 Å². The Labute approximate surface area is 231 Å². The monoisotopic (exact) mass is 552 g/mol. The summed E-state index contributed by atoms with van der Waals surface area (Å²) in [5.41, 5.74) is 2.74. The number of rotatable bonds is 7. The second-order valence-electron chi connectivity index (χ2n) is 9.63. The lowest BCUT2D eigenvalue weighted by atomic mass is 10.1. The van der Waals surface area contributed by atoms with Crippen molar-refractivity contribution < 1.29 is 4.84 Å². The Morgan fingerprint density at radius 2 is 1.71 bits per heavy atom. The number of halogens is 2. The van der Waals surface area contributed by atoms with Crippen LogP contribution in [-0.2, 0) is 6.54 Å². The standard InChI is InChI=1S/C28H30Cl2N6O2/c1-18(2)35-12-10-34(11-13-35)16-19-6-4-7-20(14-19)33-26-22-15-21(25-23(29)8-5-9-24(25)30)28(37)36(38-3)27(22)32-17-31-26/h4-9,14-15,17-18H,10-13,16H2,1-3H3,(H,31,32,33). The van der Waals surface area contributed by atoms with E-state index in [4.69, 9.17) is 28.0 Å². The van der Waals surface area contributed by atoms with E-state index in [1.54, 1.807) is 24.3 Å². The quantitative estimate of drug-likeness (QED) is 0.342. The molecule has 1 aliphatic heterocycles. The molecule has 1 aliphatic rings. The molecule has 0 saturated carbocycles. The molecule has 38 heavy (non-hydrogen) atoms. The second kappa shape index (κ2) is 11.3. The number of fused-ring (bicyclic) bond motifs is 1. The number of anilines is 2. The molecule has 1 saturated heterocycles. The summed E-state index contributed by atoms with van der Waals surface area (Å²) in [4.78, 5) is 32.5. The largest absolute Gasteiger partial charge is 0.412 e. The van der Waals surface area contributed by atoms with E-state index in [2.05, 4.69) is 51.1 Å². The van der Waals surface area contributed by atoms with Crippen molar-refractivity contribution in [1.82, 2.24) is 24.5 Å². The Balaban J connectivity index is 1.47. The molecule has 0 aliphatic carbocycles. The predicted octanol–water partition coefficient (Wildman–Crippen LogP) is 5.09. The van der Waals surface area contributed by atoms with Gasteiger partial charge in [-0.1, -0.05) is 41.4 Å². The van der Waals surface area contributed by atoms with Crippen LogP contribution in [0.2, 0.25) is 10.0 Å². The maximum Gasteiger partial charge on any atom is 0.293 e. The summed E-state index contributed by atoms with van der Waals surface area (Å²) in [6.45, 7) is 9.65. The van der Waals surface area contributed by atoms with Gasteiger partial charge in [-0.25, -0.2) is 9.97 Å². The third kappa shape index (κ3) is 5.35. The van der Waals surface area contributed by atoms with Gasteiger partial charge in [-0.2, -0.15) is 0 Å². The van der Waals surface area contributed by atoms with Gasteiger partial charge in [0.05, 0.1) is 21.0 Å². The van der Waals surface area contributed by atoms with Gasteiger partial charge in [0.1, 0.15) is 19.3 Å². The Hall–Kier alpha value is -3.17. The van der Waals surface area contributed by atoms with Crippen LogP contribution < -0.4 is 15.7 Å². The summed E-state index contributed by atoms with van der Waals surface area (Å²) in [7, 11) is 1.42. The van der Waals surface area contributed by atoms with Crippen LogP contribution in [0.1, 0.15) is 19.4 Å². The molecule has 5 rings (SSSR count). The minimum absolute atomic E-state index is 0.294. The van der Waals surface area contributed by atoms with Crippen LogP contribution in [0.4, 0.5) is 11.5 Å². The molecule has 0 radical (unpaired) electrons. The lowest BCUT2D eigenvalue weighted by molar-refractivity contribution is 0.104. The topological polar surface area (TPSA) is 75.5 Å². The summed E-state index contributed by atoms with van der Waals surface area (Å²) in [5.74, 6) is 0.535. The van der Waals surface area contributed by atoms with Crippen LogP contribution >= 0.6 is 23.2 Å². The van der Waals surface area contributed by atoms with E-state index < -0.39 is 5.56 Å². The summed E-state index contributed by atoms with van der Waals surface area (Å²) in [6, 6.07) is 15.7. The number of pyridine rings is 1. The summed E-state index contributed by atoms with van der Waals surface area (Å²) < 4.78 is 1.13. The fraction of sp³-hybridized carbons (Fsp3) is 0.321. The number of aromatic nitrogens is 3. The van der Waals surface area contributed by atoms with Crippen molar-refractivity contribution in [2.45, 2.75) is 26.4 Å². The summed E-state index contributed by atoms with van der Waals surface area (Å²) in [6.07, 6.45) is 1.40. The van der Waals surface area contributed by atoms with Gasteiger partial charge >= 0.3 is 0 Å². The van der Waals surface area contributed by atoms with Crippen LogP contribution in [0.5, 0.6) is 0 Å². The van der Waals surface area contributed by atoms with E-state index in [1.807, 2.05) is 12.1 Å². The molecule has 1 N–H and O–H groups in total. The zero-order valence-corrected chi connectivity index (χ0v) is 23.1. The molecule has 2 aromatic heterocycles. The summed E-state index contributed by atoms with van der Waals surface area (Å²) >= 11 is 12.9. The van der Waals surface area contributed by atoms with Gasteiger partial charge in [-0.05, 0) is 49.7 Å². The van der Waals surface area contributed by atoms with Gasteiger partial charge in [-0.3, -0.25) is 14.6 Å². The average Bonchev–Trinajstić information content (AvgIpc) is 2.90. The highest BCUT2D eigenvalue weighted by Gasteiger charge is 2.21. The molecular weight excluding hydrogens is 523 g/mol. The molecule has 1 fully saturated rings. The van der Waals surface area contributed by atoms with E-state index in [-0.39, 0.29) is 0 Å². The van der Waals surface area contributed by atoms with Gasteiger partial charge < -0.3 is 10.2 Å². The second-order valence-corrected chi connectivity index (χ2v) is 10.4. The number of hydrogen-bond acceptors (Lipinski definition) is 7. The lowest BCUT2D eigenvalue weighted by Gasteiger charge is -2.37. The van der Waals surface area contributed by atoms with Gasteiger partial charge in [-0.15, -0.1) is 4.73 Å². The van der Waals surface area contributed by atoms with Crippen LogP contribution in [0.3, 0.4) is 0 Å². The molecule has 2 aromatic carbocycles. The molecule has 3 heterocycles. The number of nitrogens with one attached hydrogen (secondary N) is 1. The van der Waals surface area contributed by atoms with Gasteiger partial charge in [0.15, 0.2) is 5.65 Å². The fourth-order valence-corrected chi connectivity index (χ4v) is 5.48. The van der Waals surface area contributed by atoms with E-state index in [1.165, 1.54) is 19.0 Å². The smallest absolute Gasteiger partial charge is 0.293 e. The van der Waals surface area contributed by atoms with Crippen LogP contribution in [0, 0.1) is 0 Å². The van der Waals surface area contributed by atoms with Crippen molar-refractivity contribution in [3.8, 4) is 11.1 Å². The number of benzene rings is 2. The third-order valence-corrected chi connectivity index (χ3v) is 7.54. The molecule has 0 unspecified atom stereocenters. The fourth-order valence-electron chi connectivity index (χ4n) is 4.88. The van der Waals surface area contributed by atoms with Crippen LogP contribution in [0.15, 0.2) is 59.7 Å². The normalized spacial score (nSPS) is 14.8. The highest BCUT2D eigenvalue weighted by Crippen LogP contribution is 2.35. The molecule has 4 aromatic rings. The minimum atomic E-state index is -0.417. The highest BCUT2D eigenvalue weighted by atomic mass is 35.5. The molecular formula is C28H30Cl2N6O2. The van der Waals surface area contributed by atoms with Crippen molar-refractivity contribution in [1.29, 1.82) is 0 Å². The van der Waals surface area contributed by atoms with E-state index in [0.717, 1.165) is 43.1 Å². The maximum absolute atomic E-state index is 13.3. The number of piperazine rings is 1. The van der Waals surface area contributed by atoms with Crippen molar-refractivity contribution in [2.24, 2.45) is 0 Å². The number of hydrogen-bond donors (Lipinski definition) is 1. The average molecular weight is 553 g/mol. The molecule has 0 bridgehead atoms. The number of nitrogens with zero attached hydrogens (tertiary/aromatic N) is 5. The Kier molecular flexibility index (Phi) is 7.85. The lowest BCUT2D eigenvalue weighted by Crippen LogP contribution is -2.48. The zero-order chi connectivity index (χ0) is 26.8. The Bertz CT molecular complexity index is 1500. The van der Waals surface area contributed by atoms with Crippen LogP contribution in [0.25, 0.3) is 22.2 Å².